The van der Waals surface area contributed by atoms with E-state index in [1.54, 1.807) is 6.07 Å². The van der Waals surface area contributed by atoms with Crippen molar-refractivity contribution in [2.45, 2.75) is 38.7 Å². The van der Waals surface area contributed by atoms with Crippen molar-refractivity contribution in [3.63, 3.8) is 0 Å². The summed E-state index contributed by atoms with van der Waals surface area (Å²) < 4.78 is 23.9. The standard InChI is InChI=1S/C16H21ClFNO3/c1-16(2,3)22-15(20)19-8-9-5-10(9)11-6-12(17)13(18)7-14(11)21-4/h6-7,9-10H,5,8H2,1-4H3,(H,19,20)/t9-,10+/m1/s1. The van der Waals surface area contributed by atoms with E-state index in [9.17, 15) is 9.18 Å². The van der Waals surface area contributed by atoms with Gasteiger partial charge in [-0.3, -0.25) is 0 Å². The minimum atomic E-state index is -0.513. The molecule has 6 heteroatoms. The van der Waals surface area contributed by atoms with Gasteiger partial charge in [-0.05, 0) is 50.7 Å². The third-order valence-electron chi connectivity index (χ3n) is 3.50. The Hall–Kier alpha value is -1.49. The van der Waals surface area contributed by atoms with Crippen molar-refractivity contribution in [3.8, 4) is 5.75 Å². The summed E-state index contributed by atoms with van der Waals surface area (Å²) in [6, 6.07) is 2.90. The van der Waals surface area contributed by atoms with Crippen LogP contribution in [-0.4, -0.2) is 25.3 Å². The van der Waals surface area contributed by atoms with E-state index in [0.717, 1.165) is 12.0 Å². The molecule has 2 atom stereocenters. The van der Waals surface area contributed by atoms with Crippen LogP contribution in [0.2, 0.25) is 5.02 Å². The summed E-state index contributed by atoms with van der Waals surface area (Å²) >= 11 is 5.84. The topological polar surface area (TPSA) is 47.6 Å². The molecule has 0 aromatic heterocycles. The number of carbonyl (C=O) groups excluding carboxylic acids is 1. The van der Waals surface area contributed by atoms with Crippen molar-refractivity contribution < 1.29 is 18.7 Å². The molecule has 0 unspecified atom stereocenters. The Morgan fingerprint density at radius 3 is 2.73 bits per heavy atom. The second-order valence-electron chi connectivity index (χ2n) is 6.49. The lowest BCUT2D eigenvalue weighted by molar-refractivity contribution is 0.0525. The number of nitrogens with one attached hydrogen (secondary N) is 1. The molecule has 0 aliphatic heterocycles. The van der Waals surface area contributed by atoms with Crippen LogP contribution < -0.4 is 10.1 Å². The van der Waals surface area contributed by atoms with E-state index in [4.69, 9.17) is 21.1 Å². The van der Waals surface area contributed by atoms with E-state index in [1.165, 1.54) is 13.2 Å². The first-order valence-corrected chi connectivity index (χ1v) is 7.59. The van der Waals surface area contributed by atoms with Crippen LogP contribution in [0.5, 0.6) is 5.75 Å². The van der Waals surface area contributed by atoms with Crippen LogP contribution in [0.4, 0.5) is 9.18 Å². The van der Waals surface area contributed by atoms with Crippen molar-refractivity contribution in [2.24, 2.45) is 5.92 Å². The summed E-state index contributed by atoms with van der Waals surface area (Å²) in [5, 5.41) is 2.84. The maximum Gasteiger partial charge on any atom is 0.407 e. The van der Waals surface area contributed by atoms with Crippen molar-refractivity contribution in [1.29, 1.82) is 0 Å². The van der Waals surface area contributed by atoms with Crippen LogP contribution >= 0.6 is 11.6 Å². The minimum absolute atomic E-state index is 0.0848. The summed E-state index contributed by atoms with van der Waals surface area (Å²) in [5.41, 5.74) is 0.366. The molecule has 4 nitrogen and oxygen atoms in total. The summed E-state index contributed by atoms with van der Waals surface area (Å²) in [6.07, 6.45) is 0.468. The molecule has 0 spiro atoms. The predicted octanol–water partition coefficient (Wildman–Crippen LogP) is 4.12. The fourth-order valence-electron chi connectivity index (χ4n) is 2.39. The van der Waals surface area contributed by atoms with Crippen LogP contribution in [0, 0.1) is 11.7 Å². The molecule has 1 amide bonds. The van der Waals surface area contributed by atoms with Gasteiger partial charge >= 0.3 is 6.09 Å². The molecular formula is C16H21ClFNO3. The molecule has 1 saturated carbocycles. The van der Waals surface area contributed by atoms with Crippen molar-refractivity contribution in [1.82, 2.24) is 5.32 Å². The molecule has 1 N–H and O–H groups in total. The highest BCUT2D eigenvalue weighted by molar-refractivity contribution is 6.30. The van der Waals surface area contributed by atoms with Crippen LogP contribution in [-0.2, 0) is 4.74 Å². The second kappa shape index (κ2) is 6.32. The quantitative estimate of drug-likeness (QED) is 0.904. The molecule has 1 fully saturated rings. The molecular weight excluding hydrogens is 309 g/mol. The van der Waals surface area contributed by atoms with E-state index in [0.29, 0.717) is 12.3 Å². The van der Waals surface area contributed by atoms with Crippen LogP contribution in [0.15, 0.2) is 12.1 Å². The lowest BCUT2D eigenvalue weighted by Gasteiger charge is -2.19. The van der Waals surface area contributed by atoms with Gasteiger partial charge in [0.05, 0.1) is 12.1 Å². The maximum absolute atomic E-state index is 13.5. The van der Waals surface area contributed by atoms with Crippen LogP contribution in [0.1, 0.15) is 38.7 Å². The van der Waals surface area contributed by atoms with Gasteiger partial charge in [0.2, 0.25) is 0 Å². The summed E-state index contributed by atoms with van der Waals surface area (Å²) in [7, 11) is 1.50. The van der Waals surface area contributed by atoms with Crippen molar-refractivity contribution in [2.75, 3.05) is 13.7 Å². The zero-order chi connectivity index (χ0) is 16.5. The Balaban J connectivity index is 1.93. The van der Waals surface area contributed by atoms with Gasteiger partial charge in [-0.25, -0.2) is 9.18 Å². The minimum Gasteiger partial charge on any atom is -0.496 e. The molecule has 0 radical (unpaired) electrons. The van der Waals surface area contributed by atoms with Gasteiger partial charge in [-0.1, -0.05) is 11.6 Å². The molecule has 0 heterocycles. The summed E-state index contributed by atoms with van der Waals surface area (Å²) in [5.74, 6) is 0.490. The summed E-state index contributed by atoms with van der Waals surface area (Å²) in [4.78, 5) is 11.6. The van der Waals surface area contributed by atoms with E-state index < -0.39 is 17.5 Å². The molecule has 1 aliphatic carbocycles. The highest BCUT2D eigenvalue weighted by Crippen LogP contribution is 2.50. The molecule has 1 aromatic carbocycles. The molecule has 122 valence electrons. The van der Waals surface area contributed by atoms with E-state index in [-0.39, 0.29) is 16.9 Å². The molecule has 1 aliphatic rings. The average Bonchev–Trinajstić information content (AvgIpc) is 3.16. The largest absolute Gasteiger partial charge is 0.496 e. The van der Waals surface area contributed by atoms with Crippen molar-refractivity contribution >= 4 is 17.7 Å². The highest BCUT2D eigenvalue weighted by atomic mass is 35.5. The Bertz CT molecular complexity index is 571. The molecule has 2 rings (SSSR count). The lowest BCUT2D eigenvalue weighted by Crippen LogP contribution is -2.33. The van der Waals surface area contributed by atoms with Crippen LogP contribution in [0.3, 0.4) is 0 Å². The third kappa shape index (κ3) is 4.26. The van der Waals surface area contributed by atoms with Crippen molar-refractivity contribution in [3.05, 3.63) is 28.5 Å². The monoisotopic (exact) mass is 329 g/mol. The van der Waals surface area contributed by atoms with Gasteiger partial charge in [0.15, 0.2) is 0 Å². The van der Waals surface area contributed by atoms with Crippen LogP contribution in [0.25, 0.3) is 0 Å². The fourth-order valence-corrected chi connectivity index (χ4v) is 2.57. The first kappa shape index (κ1) is 16.9. The number of amides is 1. The molecule has 1 aromatic rings. The molecule has 22 heavy (non-hydrogen) atoms. The van der Waals surface area contributed by atoms with E-state index in [1.807, 2.05) is 20.8 Å². The first-order valence-electron chi connectivity index (χ1n) is 7.21. The number of halogens is 2. The third-order valence-corrected chi connectivity index (χ3v) is 3.79. The zero-order valence-electron chi connectivity index (χ0n) is 13.2. The van der Waals surface area contributed by atoms with Gasteiger partial charge in [0, 0.05) is 12.6 Å². The van der Waals surface area contributed by atoms with E-state index >= 15 is 0 Å². The number of benzene rings is 1. The predicted molar refractivity (Wildman–Crippen MR) is 83.0 cm³/mol. The van der Waals surface area contributed by atoms with Gasteiger partial charge in [0.25, 0.3) is 0 Å². The number of carbonyl (C=O) groups is 1. The Morgan fingerprint density at radius 1 is 1.45 bits per heavy atom. The van der Waals surface area contributed by atoms with Gasteiger partial charge in [-0.2, -0.15) is 0 Å². The molecule has 0 bridgehead atoms. The zero-order valence-corrected chi connectivity index (χ0v) is 14.0. The Labute approximate surface area is 134 Å². The number of methoxy groups -OCH3 is 1. The SMILES string of the molecule is COc1cc(F)c(Cl)cc1[C@H]1C[C@@H]1CNC(=O)OC(C)(C)C. The maximum atomic E-state index is 13.5. The van der Waals surface area contributed by atoms with Gasteiger partial charge < -0.3 is 14.8 Å². The Morgan fingerprint density at radius 2 is 2.14 bits per heavy atom. The fraction of sp³-hybridized carbons (Fsp3) is 0.562. The number of ether oxygens (including phenoxy) is 2. The van der Waals surface area contributed by atoms with E-state index in [2.05, 4.69) is 5.32 Å². The number of hydrogen-bond donors (Lipinski definition) is 1. The highest BCUT2D eigenvalue weighted by Gasteiger charge is 2.40. The van der Waals surface area contributed by atoms with Gasteiger partial charge in [0.1, 0.15) is 17.2 Å². The summed E-state index contributed by atoms with van der Waals surface area (Å²) in [6.45, 7) is 5.96. The lowest BCUT2D eigenvalue weighted by atomic mass is 10.1. The first-order chi connectivity index (χ1) is 10.2. The average molecular weight is 330 g/mol. The van der Waals surface area contributed by atoms with Gasteiger partial charge in [-0.15, -0.1) is 0 Å². The molecule has 0 saturated heterocycles. The number of alkyl carbamates (subject to hydrolysis) is 1. The second-order valence-corrected chi connectivity index (χ2v) is 6.90. The smallest absolute Gasteiger partial charge is 0.407 e. The normalized spacial score (nSPS) is 20.5. The Kier molecular flexibility index (Phi) is 4.85. The number of rotatable bonds is 4. The number of hydrogen-bond acceptors (Lipinski definition) is 3.